The maximum atomic E-state index is 5.47. The summed E-state index contributed by atoms with van der Waals surface area (Å²) < 4.78 is 10.7. The highest BCUT2D eigenvalue weighted by molar-refractivity contribution is 5.34. The molecule has 1 aromatic rings. The van der Waals surface area contributed by atoms with Crippen LogP contribution in [0.2, 0.25) is 0 Å². The van der Waals surface area contributed by atoms with Gasteiger partial charge < -0.3 is 14.8 Å². The summed E-state index contributed by atoms with van der Waals surface area (Å²) in [5.41, 5.74) is 2.39. The first-order chi connectivity index (χ1) is 9.65. The van der Waals surface area contributed by atoms with Gasteiger partial charge in [0, 0.05) is 13.2 Å². The topological polar surface area (TPSA) is 107 Å². The van der Waals surface area contributed by atoms with Crippen LogP contribution in [-0.4, -0.2) is 40.8 Å². The van der Waals surface area contributed by atoms with Crippen molar-refractivity contribution < 1.29 is 9.47 Å². The number of nitrogen functional groups attached to an aromatic ring is 1. The molecule has 0 unspecified atom stereocenters. The van der Waals surface area contributed by atoms with Crippen LogP contribution in [0.25, 0.3) is 0 Å². The second kappa shape index (κ2) is 9.27. The van der Waals surface area contributed by atoms with Crippen LogP contribution >= 0.6 is 0 Å². The average molecular weight is 284 g/mol. The molecule has 0 amide bonds. The third kappa shape index (κ3) is 6.48. The lowest BCUT2D eigenvalue weighted by Gasteiger charge is -2.09. The third-order valence-corrected chi connectivity index (χ3v) is 2.32. The quantitative estimate of drug-likeness (QED) is 0.334. The summed E-state index contributed by atoms with van der Waals surface area (Å²) in [6, 6.07) is 0.251. The number of rotatable bonds is 10. The van der Waals surface area contributed by atoms with Crippen LogP contribution in [0, 0.1) is 0 Å². The predicted octanol–water partition coefficient (Wildman–Crippen LogP) is 1.17. The van der Waals surface area contributed by atoms with E-state index in [1.807, 2.05) is 20.8 Å². The third-order valence-electron chi connectivity index (χ3n) is 2.32. The Balaban J connectivity index is 2.36. The highest BCUT2D eigenvalue weighted by Crippen LogP contribution is 2.10. The molecule has 4 N–H and O–H groups in total. The minimum Gasteiger partial charge on any atom is -0.464 e. The van der Waals surface area contributed by atoms with Gasteiger partial charge >= 0.3 is 6.01 Å². The molecule has 114 valence electrons. The second-order valence-electron chi connectivity index (χ2n) is 4.40. The number of hydrogen-bond acceptors (Lipinski definition) is 8. The number of hydrogen-bond donors (Lipinski definition) is 3. The monoisotopic (exact) mass is 284 g/mol. The molecule has 0 aliphatic carbocycles. The molecule has 20 heavy (non-hydrogen) atoms. The number of nitrogens with zero attached hydrogens (tertiary/aromatic N) is 3. The lowest BCUT2D eigenvalue weighted by molar-refractivity contribution is 0.0765. The minimum atomic E-state index is 0.251. The molecule has 0 aliphatic heterocycles. The van der Waals surface area contributed by atoms with Crippen molar-refractivity contribution in [3.05, 3.63) is 0 Å². The summed E-state index contributed by atoms with van der Waals surface area (Å²) in [7, 11) is 0. The molecule has 0 saturated carbocycles. The first kappa shape index (κ1) is 16.4. The number of ether oxygens (including phenoxy) is 2. The molecule has 0 aliphatic rings. The smallest absolute Gasteiger partial charge is 0.323 e. The molecule has 0 aromatic carbocycles. The number of hydrazine groups is 1. The van der Waals surface area contributed by atoms with E-state index >= 15 is 0 Å². The van der Waals surface area contributed by atoms with Crippen molar-refractivity contribution in [2.24, 2.45) is 5.84 Å². The lowest BCUT2D eigenvalue weighted by Crippen LogP contribution is -2.15. The van der Waals surface area contributed by atoms with Gasteiger partial charge in [-0.3, -0.25) is 5.43 Å². The zero-order valence-electron chi connectivity index (χ0n) is 12.3. The van der Waals surface area contributed by atoms with E-state index in [-0.39, 0.29) is 18.1 Å². The van der Waals surface area contributed by atoms with Gasteiger partial charge in [0.15, 0.2) is 0 Å². The fourth-order valence-electron chi connectivity index (χ4n) is 1.44. The van der Waals surface area contributed by atoms with Crippen LogP contribution in [-0.2, 0) is 4.74 Å². The average Bonchev–Trinajstić information content (AvgIpc) is 2.42. The fourth-order valence-corrected chi connectivity index (χ4v) is 1.44. The van der Waals surface area contributed by atoms with E-state index in [4.69, 9.17) is 15.3 Å². The number of nitrogens with one attached hydrogen (secondary N) is 2. The van der Waals surface area contributed by atoms with Crippen molar-refractivity contribution in [2.45, 2.75) is 39.7 Å². The Morgan fingerprint density at radius 1 is 1.15 bits per heavy atom. The van der Waals surface area contributed by atoms with Gasteiger partial charge in [0.25, 0.3) is 0 Å². The second-order valence-corrected chi connectivity index (χ2v) is 4.40. The maximum absolute atomic E-state index is 5.47. The van der Waals surface area contributed by atoms with Gasteiger partial charge in [0.05, 0.1) is 12.7 Å². The molecule has 1 rings (SSSR count). The number of nitrogens with two attached hydrogens (primary N) is 1. The maximum Gasteiger partial charge on any atom is 0.323 e. The van der Waals surface area contributed by atoms with Gasteiger partial charge in [-0.2, -0.15) is 15.0 Å². The Morgan fingerprint density at radius 2 is 1.90 bits per heavy atom. The molecule has 0 spiro atoms. The predicted molar refractivity (Wildman–Crippen MR) is 77.6 cm³/mol. The molecular weight excluding hydrogens is 260 g/mol. The number of unbranched alkanes of at least 4 members (excludes halogenated alkanes) is 1. The normalized spacial score (nSPS) is 10.7. The van der Waals surface area contributed by atoms with E-state index in [1.54, 1.807) is 0 Å². The first-order valence-electron chi connectivity index (χ1n) is 6.86. The molecule has 1 aromatic heterocycles. The van der Waals surface area contributed by atoms with Crippen molar-refractivity contribution >= 4 is 11.9 Å². The fraction of sp³-hybridized carbons (Fsp3) is 0.750. The molecule has 0 atom stereocenters. The highest BCUT2D eigenvalue weighted by atomic mass is 16.5. The number of anilines is 2. The molecule has 8 nitrogen and oxygen atoms in total. The summed E-state index contributed by atoms with van der Waals surface area (Å²) in [6.07, 6.45) is 2.23. The molecule has 0 bridgehead atoms. The van der Waals surface area contributed by atoms with E-state index in [0.717, 1.165) is 26.0 Å². The number of aromatic nitrogens is 3. The Bertz CT molecular complexity index is 388. The van der Waals surface area contributed by atoms with Crippen LogP contribution < -0.4 is 21.3 Å². The zero-order valence-corrected chi connectivity index (χ0v) is 12.3. The standard InChI is InChI=1S/C12H24N6O2/c1-4-19-12-16-10(15-11(17-12)18-13)14-7-5-6-8-20-9(2)3/h9H,4-8,13H2,1-3H3,(H2,14,15,16,17,18). The zero-order chi connectivity index (χ0) is 14.8. The Kier molecular flexibility index (Phi) is 7.59. The van der Waals surface area contributed by atoms with Crippen LogP contribution in [0.5, 0.6) is 6.01 Å². The van der Waals surface area contributed by atoms with Gasteiger partial charge in [-0.25, -0.2) is 5.84 Å². The summed E-state index contributed by atoms with van der Waals surface area (Å²) in [5, 5.41) is 3.11. The molecule has 0 radical (unpaired) electrons. The molecular formula is C12H24N6O2. The highest BCUT2D eigenvalue weighted by Gasteiger charge is 2.05. The van der Waals surface area contributed by atoms with Gasteiger partial charge in [0.1, 0.15) is 0 Å². The first-order valence-corrected chi connectivity index (χ1v) is 6.86. The molecule has 1 heterocycles. The largest absolute Gasteiger partial charge is 0.464 e. The Hall–Kier alpha value is -1.67. The van der Waals surface area contributed by atoms with Crippen molar-refractivity contribution in [3.8, 4) is 6.01 Å². The van der Waals surface area contributed by atoms with Gasteiger partial charge in [-0.15, -0.1) is 0 Å². The van der Waals surface area contributed by atoms with E-state index in [1.165, 1.54) is 0 Å². The SMILES string of the molecule is CCOc1nc(NN)nc(NCCCCOC(C)C)n1. The summed E-state index contributed by atoms with van der Waals surface area (Å²) >= 11 is 0. The van der Waals surface area contributed by atoms with Crippen molar-refractivity contribution in [2.75, 3.05) is 30.5 Å². The van der Waals surface area contributed by atoms with E-state index in [9.17, 15) is 0 Å². The van der Waals surface area contributed by atoms with Crippen LogP contribution in [0.4, 0.5) is 11.9 Å². The van der Waals surface area contributed by atoms with Gasteiger partial charge in [-0.1, -0.05) is 0 Å². The van der Waals surface area contributed by atoms with E-state index in [0.29, 0.717) is 12.6 Å². The van der Waals surface area contributed by atoms with Crippen LogP contribution in [0.3, 0.4) is 0 Å². The summed E-state index contributed by atoms with van der Waals surface area (Å²) in [4.78, 5) is 12.2. The van der Waals surface area contributed by atoms with Crippen molar-refractivity contribution in [1.29, 1.82) is 0 Å². The summed E-state index contributed by atoms with van der Waals surface area (Å²) in [5.74, 6) is 6.02. The van der Waals surface area contributed by atoms with E-state index < -0.39 is 0 Å². The molecule has 8 heteroatoms. The Morgan fingerprint density at radius 3 is 2.55 bits per heavy atom. The van der Waals surface area contributed by atoms with E-state index in [2.05, 4.69) is 25.7 Å². The lowest BCUT2D eigenvalue weighted by atomic mass is 10.3. The van der Waals surface area contributed by atoms with Crippen LogP contribution in [0.1, 0.15) is 33.6 Å². The summed E-state index contributed by atoms with van der Waals surface area (Å²) in [6.45, 7) is 7.91. The Labute approximate surface area is 119 Å². The minimum absolute atomic E-state index is 0.251. The molecule has 0 fully saturated rings. The van der Waals surface area contributed by atoms with Crippen molar-refractivity contribution in [1.82, 2.24) is 15.0 Å². The molecule has 0 saturated heterocycles. The van der Waals surface area contributed by atoms with Gasteiger partial charge in [-0.05, 0) is 33.6 Å². The van der Waals surface area contributed by atoms with Gasteiger partial charge in [0.2, 0.25) is 11.9 Å². The van der Waals surface area contributed by atoms with Crippen molar-refractivity contribution in [3.63, 3.8) is 0 Å². The van der Waals surface area contributed by atoms with Crippen LogP contribution in [0.15, 0.2) is 0 Å².